The highest BCUT2D eigenvalue weighted by Crippen LogP contribution is 2.69. The van der Waals surface area contributed by atoms with Crippen LogP contribution < -0.4 is 9.34 Å². The maximum Gasteiger partial charge on any atom is 0.284 e. The van der Waals surface area contributed by atoms with Crippen LogP contribution in [0.15, 0.2) is 85.2 Å². The van der Waals surface area contributed by atoms with Crippen molar-refractivity contribution in [2.75, 3.05) is 48.7 Å². The van der Waals surface area contributed by atoms with Gasteiger partial charge in [0.15, 0.2) is 0 Å². The smallest absolute Gasteiger partial charge is 0.284 e. The van der Waals surface area contributed by atoms with Crippen molar-refractivity contribution in [1.82, 2.24) is 9.88 Å². The number of rotatable bonds is 5. The lowest BCUT2D eigenvalue weighted by Gasteiger charge is -2.44. The fourth-order valence-electron chi connectivity index (χ4n) is 4.63. The Morgan fingerprint density at radius 2 is 1.26 bits per heavy atom. The molecule has 0 saturated carbocycles. The van der Waals surface area contributed by atoms with Gasteiger partial charge in [0.2, 0.25) is 0 Å². The van der Waals surface area contributed by atoms with Crippen LogP contribution in [0.5, 0.6) is 0 Å². The van der Waals surface area contributed by atoms with E-state index in [1.807, 2.05) is 48.5 Å². The summed E-state index contributed by atoms with van der Waals surface area (Å²) in [6.45, 7) is 4.23. The molecule has 7 heteroatoms. The average Bonchev–Trinajstić information content (AvgIpc) is 3.19. The monoisotopic (exact) mass is 434 g/mol. The summed E-state index contributed by atoms with van der Waals surface area (Å²) in [6, 6.07) is 24.3. The lowest BCUT2D eigenvalue weighted by Crippen LogP contribution is -2.42. The number of para-hydroxylation sites is 2. The van der Waals surface area contributed by atoms with Crippen molar-refractivity contribution in [3.8, 4) is 0 Å². The summed E-state index contributed by atoms with van der Waals surface area (Å²) >= 11 is 0. The molecule has 160 valence electrons. The molecule has 2 saturated heterocycles. The van der Waals surface area contributed by atoms with Gasteiger partial charge in [-0.3, -0.25) is 14.4 Å². The third-order valence-electron chi connectivity index (χ3n) is 6.04. The van der Waals surface area contributed by atoms with Crippen molar-refractivity contribution in [1.29, 1.82) is 0 Å². The van der Waals surface area contributed by atoms with Gasteiger partial charge in [-0.2, -0.15) is 0 Å². The largest absolute Gasteiger partial charge is 0.379 e. The van der Waals surface area contributed by atoms with Crippen molar-refractivity contribution in [3.63, 3.8) is 0 Å². The quantitative estimate of drug-likeness (QED) is 0.546. The Morgan fingerprint density at radius 1 is 0.742 bits per heavy atom. The molecule has 0 N–H and O–H groups in total. The maximum absolute atomic E-state index is 15.4. The minimum Gasteiger partial charge on any atom is -0.379 e. The molecule has 0 radical (unpaired) electrons. The summed E-state index contributed by atoms with van der Waals surface area (Å²) in [4.78, 5) is 6.55. The fraction of sp³-hybridized carbons (Fsp3) is 0.292. The first-order valence-corrected chi connectivity index (χ1v) is 12.4. The second kappa shape index (κ2) is 8.83. The molecule has 2 aliphatic rings. The molecule has 0 aliphatic carbocycles. The average molecular weight is 434 g/mol. The SMILES string of the molecule is O=P1(C(c2ccncc2)N2CCOCC2)N(c2ccccc2)CCN1c1ccccc1. The van der Waals surface area contributed by atoms with Gasteiger partial charge in [-0.25, -0.2) is 0 Å². The van der Waals surface area contributed by atoms with Crippen LogP contribution >= 0.6 is 7.44 Å². The number of hydrogen-bond acceptors (Lipinski definition) is 4. The molecule has 3 aromatic rings. The summed E-state index contributed by atoms with van der Waals surface area (Å²) in [5.74, 6) is -0.276. The van der Waals surface area contributed by atoms with E-state index in [0.717, 1.165) is 30.0 Å². The minimum atomic E-state index is -3.13. The van der Waals surface area contributed by atoms with Crippen molar-refractivity contribution in [2.45, 2.75) is 5.78 Å². The molecule has 0 bridgehead atoms. The Hall–Kier alpha value is -2.66. The van der Waals surface area contributed by atoms with Gasteiger partial charge in [0, 0.05) is 49.9 Å². The van der Waals surface area contributed by atoms with Crippen LogP contribution in [0.25, 0.3) is 0 Å². The highest BCUT2D eigenvalue weighted by molar-refractivity contribution is 7.67. The fourth-order valence-corrected chi connectivity index (χ4v) is 8.32. The first-order chi connectivity index (χ1) is 15.3. The molecule has 2 aromatic carbocycles. The number of morpholine rings is 1. The van der Waals surface area contributed by atoms with E-state index >= 15 is 4.57 Å². The van der Waals surface area contributed by atoms with Gasteiger partial charge in [0.25, 0.3) is 7.44 Å². The summed E-state index contributed by atoms with van der Waals surface area (Å²) < 4.78 is 25.3. The molecule has 3 heterocycles. The molecule has 2 aliphatic heterocycles. The van der Waals surface area contributed by atoms with E-state index in [2.05, 4.69) is 43.5 Å². The van der Waals surface area contributed by atoms with Crippen LogP contribution in [0.2, 0.25) is 0 Å². The third-order valence-corrected chi connectivity index (χ3v) is 9.55. The van der Waals surface area contributed by atoms with Crippen LogP contribution in [0.1, 0.15) is 11.3 Å². The van der Waals surface area contributed by atoms with Gasteiger partial charge in [-0.05, 0) is 42.0 Å². The Bertz CT molecular complexity index is 978. The third kappa shape index (κ3) is 3.76. The van der Waals surface area contributed by atoms with E-state index in [0.29, 0.717) is 26.3 Å². The van der Waals surface area contributed by atoms with Crippen LogP contribution in [0.4, 0.5) is 11.4 Å². The summed E-state index contributed by atoms with van der Waals surface area (Å²) in [5.41, 5.74) is 3.03. The number of aromatic nitrogens is 1. The first-order valence-electron chi connectivity index (χ1n) is 10.8. The van der Waals surface area contributed by atoms with E-state index in [1.54, 1.807) is 12.4 Å². The van der Waals surface area contributed by atoms with Crippen LogP contribution in [-0.4, -0.2) is 49.3 Å². The van der Waals surface area contributed by atoms with E-state index < -0.39 is 7.44 Å². The zero-order chi connectivity index (χ0) is 21.1. The van der Waals surface area contributed by atoms with Crippen LogP contribution in [-0.2, 0) is 9.30 Å². The second-order valence-electron chi connectivity index (χ2n) is 7.81. The lowest BCUT2D eigenvalue weighted by molar-refractivity contribution is 0.0303. The van der Waals surface area contributed by atoms with Crippen molar-refractivity contribution >= 4 is 18.8 Å². The topological polar surface area (TPSA) is 48.9 Å². The number of ether oxygens (including phenoxy) is 1. The van der Waals surface area contributed by atoms with E-state index in [9.17, 15) is 0 Å². The van der Waals surface area contributed by atoms with Gasteiger partial charge in [0.1, 0.15) is 5.78 Å². The van der Waals surface area contributed by atoms with Gasteiger partial charge >= 0.3 is 0 Å². The van der Waals surface area contributed by atoms with E-state index in [-0.39, 0.29) is 5.78 Å². The molecular formula is C24H27N4O2P. The number of hydrogen-bond donors (Lipinski definition) is 0. The summed E-state index contributed by atoms with van der Waals surface area (Å²) in [5, 5.41) is 0. The normalized spacial score (nSPS) is 20.0. The van der Waals surface area contributed by atoms with Crippen LogP contribution in [0, 0.1) is 0 Å². The van der Waals surface area contributed by atoms with Crippen molar-refractivity contribution in [3.05, 3.63) is 90.8 Å². The Morgan fingerprint density at radius 3 is 1.77 bits per heavy atom. The highest BCUT2D eigenvalue weighted by Gasteiger charge is 2.52. The van der Waals surface area contributed by atoms with Crippen LogP contribution in [0.3, 0.4) is 0 Å². The molecule has 1 aromatic heterocycles. The summed E-state index contributed by atoms with van der Waals surface area (Å²) in [7, 11) is -3.13. The standard InChI is InChI=1S/C24H27N4O2P/c29-31(24(21-11-13-25-14-12-21)26-17-19-30-20-18-26)27(22-7-3-1-4-8-22)15-16-28(31)23-9-5-2-6-10-23/h1-14,24H,15-20H2. The molecule has 6 nitrogen and oxygen atoms in total. The molecule has 1 atom stereocenters. The molecule has 2 fully saturated rings. The van der Waals surface area contributed by atoms with Crippen molar-refractivity contribution in [2.24, 2.45) is 0 Å². The van der Waals surface area contributed by atoms with Gasteiger partial charge in [0.05, 0.1) is 13.2 Å². The number of anilines is 2. The zero-order valence-corrected chi connectivity index (χ0v) is 18.3. The van der Waals surface area contributed by atoms with E-state index in [4.69, 9.17) is 4.74 Å². The predicted octanol–water partition coefficient (Wildman–Crippen LogP) is 4.63. The molecule has 31 heavy (non-hydrogen) atoms. The van der Waals surface area contributed by atoms with Gasteiger partial charge in [-0.15, -0.1) is 0 Å². The number of benzene rings is 2. The highest BCUT2D eigenvalue weighted by atomic mass is 31.2. The molecule has 0 spiro atoms. The minimum absolute atomic E-state index is 0.276. The van der Waals surface area contributed by atoms with Crippen molar-refractivity contribution < 1.29 is 9.30 Å². The second-order valence-corrected chi connectivity index (χ2v) is 10.4. The number of pyridine rings is 1. The maximum atomic E-state index is 15.4. The van der Waals surface area contributed by atoms with E-state index in [1.165, 1.54) is 0 Å². The van der Waals surface area contributed by atoms with Gasteiger partial charge < -0.3 is 14.1 Å². The Kier molecular flexibility index (Phi) is 5.77. The first kappa shape index (κ1) is 20.3. The zero-order valence-electron chi connectivity index (χ0n) is 17.5. The molecular weight excluding hydrogens is 407 g/mol. The molecule has 0 amide bonds. The Balaban J connectivity index is 1.68. The predicted molar refractivity (Wildman–Crippen MR) is 125 cm³/mol. The summed E-state index contributed by atoms with van der Waals surface area (Å²) in [6.07, 6.45) is 3.59. The Labute approximate surface area is 183 Å². The number of nitrogens with zero attached hydrogens (tertiary/aromatic N) is 4. The molecule has 1 unspecified atom stereocenters. The molecule has 5 rings (SSSR count). The van der Waals surface area contributed by atoms with Gasteiger partial charge in [-0.1, -0.05) is 36.4 Å². The lowest BCUT2D eigenvalue weighted by atomic mass is 10.2.